The van der Waals surface area contributed by atoms with E-state index < -0.39 is 32.8 Å². The highest BCUT2D eigenvalue weighted by Crippen LogP contribution is 2.36. The Kier molecular flexibility index (Phi) is 6.47. The van der Waals surface area contributed by atoms with Crippen LogP contribution in [-0.2, 0) is 22.7 Å². The van der Waals surface area contributed by atoms with Gasteiger partial charge in [0.25, 0.3) is 10.0 Å². The summed E-state index contributed by atoms with van der Waals surface area (Å²) in [5, 5.41) is 8.53. The molecule has 0 saturated heterocycles. The van der Waals surface area contributed by atoms with Crippen molar-refractivity contribution in [2.45, 2.75) is 24.5 Å². The molecule has 0 fully saturated rings. The first kappa shape index (κ1) is 23.6. The number of aromatic carboxylic acids is 1. The number of benzene rings is 2. The van der Waals surface area contributed by atoms with Crippen LogP contribution in [0.4, 0.5) is 19.0 Å². The number of carboxylic acid groups (broad SMARTS) is 1. The molecular formula is C21H16ClF3N2O4S. The molecule has 0 bridgehead atoms. The standard InChI is InChI=1S/C21H16ClF3N2O4S/c1-13-2-4-14(5-3-13)12-27(19-18(22)10-16(11-26-19)21(23,24)25)32(30,31)17-8-6-15(7-9-17)20(28)29/h2-11H,12H2,1H3,(H,28,29). The van der Waals surface area contributed by atoms with E-state index in [4.69, 9.17) is 16.7 Å². The fraction of sp³-hybridized carbons (Fsp3) is 0.143. The zero-order valence-corrected chi connectivity index (χ0v) is 18.0. The largest absolute Gasteiger partial charge is 0.478 e. The Morgan fingerprint density at radius 1 is 1.09 bits per heavy atom. The van der Waals surface area contributed by atoms with E-state index in [9.17, 15) is 26.4 Å². The first-order chi connectivity index (χ1) is 14.9. The second kappa shape index (κ2) is 8.79. The molecule has 3 aromatic rings. The SMILES string of the molecule is Cc1ccc(CN(c2ncc(C(F)(F)F)cc2Cl)S(=O)(=O)c2ccc(C(=O)O)cc2)cc1. The maximum absolute atomic E-state index is 13.4. The summed E-state index contributed by atoms with van der Waals surface area (Å²) >= 11 is 6.04. The van der Waals surface area contributed by atoms with Crippen molar-refractivity contribution in [2.24, 2.45) is 0 Å². The maximum atomic E-state index is 13.4. The van der Waals surface area contributed by atoms with Crippen molar-refractivity contribution in [1.82, 2.24) is 4.98 Å². The van der Waals surface area contributed by atoms with Gasteiger partial charge in [0.1, 0.15) is 0 Å². The lowest BCUT2D eigenvalue weighted by molar-refractivity contribution is -0.137. The van der Waals surface area contributed by atoms with E-state index in [1.807, 2.05) is 6.92 Å². The minimum Gasteiger partial charge on any atom is -0.478 e. The van der Waals surface area contributed by atoms with Gasteiger partial charge < -0.3 is 5.11 Å². The minimum atomic E-state index is -4.71. The molecule has 3 rings (SSSR count). The Labute approximate surface area is 187 Å². The van der Waals surface area contributed by atoms with Gasteiger partial charge in [0, 0.05) is 6.20 Å². The number of rotatable bonds is 6. The Morgan fingerprint density at radius 3 is 2.19 bits per heavy atom. The number of sulfonamides is 1. The molecule has 0 atom stereocenters. The van der Waals surface area contributed by atoms with Gasteiger partial charge >= 0.3 is 12.1 Å². The second-order valence-corrected chi connectivity index (χ2v) is 9.12. The molecule has 0 aliphatic carbocycles. The number of pyridine rings is 1. The third-order valence-electron chi connectivity index (χ3n) is 4.52. The predicted molar refractivity (Wildman–Crippen MR) is 112 cm³/mol. The summed E-state index contributed by atoms with van der Waals surface area (Å²) in [4.78, 5) is 14.5. The maximum Gasteiger partial charge on any atom is 0.417 e. The van der Waals surface area contributed by atoms with Crippen LogP contribution in [0.2, 0.25) is 5.02 Å². The van der Waals surface area contributed by atoms with E-state index in [0.29, 0.717) is 17.8 Å². The molecular weight excluding hydrogens is 469 g/mol. The molecule has 1 N–H and O–H groups in total. The van der Waals surface area contributed by atoms with Crippen LogP contribution in [0.15, 0.2) is 65.7 Å². The highest BCUT2D eigenvalue weighted by atomic mass is 35.5. The third kappa shape index (κ3) is 5.03. The molecule has 11 heteroatoms. The van der Waals surface area contributed by atoms with Crippen molar-refractivity contribution >= 4 is 33.4 Å². The average molecular weight is 485 g/mol. The number of carboxylic acids is 1. The number of aryl methyl sites for hydroxylation is 1. The van der Waals surface area contributed by atoms with Crippen molar-refractivity contribution in [2.75, 3.05) is 4.31 Å². The fourth-order valence-electron chi connectivity index (χ4n) is 2.80. The summed E-state index contributed by atoms with van der Waals surface area (Å²) in [7, 11) is -4.36. The monoisotopic (exact) mass is 484 g/mol. The molecule has 0 unspecified atom stereocenters. The quantitative estimate of drug-likeness (QED) is 0.522. The number of alkyl halides is 3. The Bertz CT molecular complexity index is 1250. The van der Waals surface area contributed by atoms with E-state index in [1.54, 1.807) is 24.3 Å². The molecule has 1 aromatic heterocycles. The van der Waals surface area contributed by atoms with E-state index >= 15 is 0 Å². The molecule has 168 valence electrons. The molecule has 0 aliphatic rings. The highest BCUT2D eigenvalue weighted by molar-refractivity contribution is 7.92. The van der Waals surface area contributed by atoms with Gasteiger partial charge in [0.05, 0.1) is 27.6 Å². The predicted octanol–water partition coefficient (Wildman–Crippen LogP) is 5.16. The third-order valence-corrected chi connectivity index (χ3v) is 6.55. The molecule has 2 aromatic carbocycles. The topological polar surface area (TPSA) is 87.6 Å². The number of carbonyl (C=O) groups is 1. The summed E-state index contributed by atoms with van der Waals surface area (Å²) in [6, 6.07) is 11.9. The van der Waals surface area contributed by atoms with Crippen molar-refractivity contribution in [3.05, 3.63) is 88.1 Å². The van der Waals surface area contributed by atoms with Gasteiger partial charge in [-0.25, -0.2) is 22.5 Å². The van der Waals surface area contributed by atoms with Gasteiger partial charge in [-0.3, -0.25) is 0 Å². The lowest BCUT2D eigenvalue weighted by atomic mass is 10.1. The minimum absolute atomic E-state index is 0.125. The smallest absolute Gasteiger partial charge is 0.417 e. The van der Waals surface area contributed by atoms with Gasteiger partial charge in [-0.2, -0.15) is 13.2 Å². The lowest BCUT2D eigenvalue weighted by Gasteiger charge is -2.25. The van der Waals surface area contributed by atoms with Crippen LogP contribution < -0.4 is 4.31 Å². The number of nitrogens with zero attached hydrogens (tertiary/aromatic N) is 2. The van der Waals surface area contributed by atoms with Crippen molar-refractivity contribution in [1.29, 1.82) is 0 Å². The highest BCUT2D eigenvalue weighted by Gasteiger charge is 2.34. The van der Waals surface area contributed by atoms with Crippen molar-refractivity contribution in [3.8, 4) is 0 Å². The van der Waals surface area contributed by atoms with Gasteiger partial charge in [0.15, 0.2) is 5.82 Å². The Hall–Kier alpha value is -3.11. The van der Waals surface area contributed by atoms with E-state index in [-0.39, 0.29) is 22.8 Å². The molecule has 1 heterocycles. The first-order valence-electron chi connectivity index (χ1n) is 9.04. The molecule has 0 radical (unpaired) electrons. The van der Waals surface area contributed by atoms with Crippen molar-refractivity contribution < 1.29 is 31.5 Å². The van der Waals surface area contributed by atoms with E-state index in [0.717, 1.165) is 34.1 Å². The van der Waals surface area contributed by atoms with Gasteiger partial charge in [-0.05, 0) is 42.8 Å². The lowest BCUT2D eigenvalue weighted by Crippen LogP contribution is -2.32. The van der Waals surface area contributed by atoms with Gasteiger partial charge in [-0.15, -0.1) is 0 Å². The molecule has 32 heavy (non-hydrogen) atoms. The number of anilines is 1. The second-order valence-electron chi connectivity index (χ2n) is 6.85. The summed E-state index contributed by atoms with van der Waals surface area (Å²) < 4.78 is 66.6. The zero-order valence-electron chi connectivity index (χ0n) is 16.5. The number of hydrogen-bond donors (Lipinski definition) is 1. The van der Waals surface area contributed by atoms with Crippen LogP contribution in [-0.4, -0.2) is 24.5 Å². The van der Waals surface area contributed by atoms with Crippen LogP contribution >= 0.6 is 11.6 Å². The molecule has 6 nitrogen and oxygen atoms in total. The number of halogens is 4. The summed E-state index contributed by atoms with van der Waals surface area (Å²) in [6.07, 6.45) is -4.20. The summed E-state index contributed by atoms with van der Waals surface area (Å²) in [5.41, 5.74) is 0.224. The number of hydrogen-bond acceptors (Lipinski definition) is 4. The molecule has 0 saturated carbocycles. The van der Waals surface area contributed by atoms with Gasteiger partial charge in [-0.1, -0.05) is 41.4 Å². The van der Waals surface area contributed by atoms with Crippen LogP contribution in [0.5, 0.6) is 0 Å². The number of aromatic nitrogens is 1. The van der Waals surface area contributed by atoms with E-state index in [1.165, 1.54) is 0 Å². The van der Waals surface area contributed by atoms with Crippen LogP contribution in [0.1, 0.15) is 27.0 Å². The van der Waals surface area contributed by atoms with Crippen LogP contribution in [0.25, 0.3) is 0 Å². The summed E-state index contributed by atoms with van der Waals surface area (Å²) in [5.74, 6) is -1.62. The van der Waals surface area contributed by atoms with Crippen molar-refractivity contribution in [3.63, 3.8) is 0 Å². The molecule has 0 aliphatic heterocycles. The Balaban J connectivity index is 2.12. The fourth-order valence-corrected chi connectivity index (χ4v) is 4.54. The van der Waals surface area contributed by atoms with Crippen LogP contribution in [0, 0.1) is 6.92 Å². The van der Waals surface area contributed by atoms with Crippen LogP contribution in [0.3, 0.4) is 0 Å². The average Bonchev–Trinajstić information content (AvgIpc) is 2.73. The van der Waals surface area contributed by atoms with E-state index in [2.05, 4.69) is 4.98 Å². The first-order valence-corrected chi connectivity index (χ1v) is 10.9. The van der Waals surface area contributed by atoms with Gasteiger partial charge in [0.2, 0.25) is 0 Å². The molecule has 0 amide bonds. The Morgan fingerprint density at radius 2 is 1.69 bits per heavy atom. The summed E-state index contributed by atoms with van der Waals surface area (Å²) in [6.45, 7) is 1.58. The zero-order chi connectivity index (χ0) is 23.7. The molecule has 0 spiro atoms. The normalized spacial score (nSPS) is 11.9.